The molecular weight excluding hydrogens is 178 g/mol. The average Bonchev–Trinajstić information content (AvgIpc) is 2.49. The van der Waals surface area contributed by atoms with E-state index in [1.807, 2.05) is 6.92 Å². The summed E-state index contributed by atoms with van der Waals surface area (Å²) in [7, 11) is 0. The van der Waals surface area contributed by atoms with Crippen molar-refractivity contribution in [1.29, 1.82) is 0 Å². The number of nitrogens with zero attached hydrogens (tertiary/aromatic N) is 1. The van der Waals surface area contributed by atoms with Crippen molar-refractivity contribution in [2.45, 2.75) is 19.1 Å². The molecule has 1 heterocycles. The van der Waals surface area contributed by atoms with Gasteiger partial charge in [0.1, 0.15) is 17.2 Å². The van der Waals surface area contributed by atoms with Crippen molar-refractivity contribution < 1.29 is 15.3 Å². The van der Waals surface area contributed by atoms with Gasteiger partial charge < -0.3 is 15.3 Å². The highest BCUT2D eigenvalue weighted by atomic mass is 32.1. The fourth-order valence-electron chi connectivity index (χ4n) is 0.773. The summed E-state index contributed by atoms with van der Waals surface area (Å²) in [5.41, 5.74) is 0. The van der Waals surface area contributed by atoms with Crippen molar-refractivity contribution in [3.63, 3.8) is 0 Å². The zero-order valence-corrected chi connectivity index (χ0v) is 7.45. The van der Waals surface area contributed by atoms with Gasteiger partial charge in [-0.15, -0.1) is 11.3 Å². The van der Waals surface area contributed by atoms with Crippen LogP contribution < -0.4 is 0 Å². The van der Waals surface area contributed by atoms with Crippen molar-refractivity contribution in [3.8, 4) is 0 Å². The molecule has 1 aromatic heterocycles. The normalized spacial score (nSPS) is 16.0. The van der Waals surface area contributed by atoms with Gasteiger partial charge in [0.05, 0.1) is 6.61 Å². The monoisotopic (exact) mass is 189 g/mol. The average molecular weight is 189 g/mol. The van der Waals surface area contributed by atoms with Crippen molar-refractivity contribution in [2.24, 2.45) is 0 Å². The Kier molecular flexibility index (Phi) is 3.16. The Morgan fingerprint density at radius 1 is 1.58 bits per heavy atom. The Morgan fingerprint density at radius 2 is 2.25 bits per heavy atom. The minimum Gasteiger partial charge on any atom is -0.394 e. The third-order valence-corrected chi connectivity index (χ3v) is 2.43. The first-order valence-electron chi connectivity index (χ1n) is 3.54. The van der Waals surface area contributed by atoms with Gasteiger partial charge in [0.2, 0.25) is 0 Å². The van der Waals surface area contributed by atoms with Gasteiger partial charge in [0.25, 0.3) is 0 Å². The fourth-order valence-corrected chi connectivity index (χ4v) is 1.59. The summed E-state index contributed by atoms with van der Waals surface area (Å²) >= 11 is 1.31. The van der Waals surface area contributed by atoms with Gasteiger partial charge in [-0.25, -0.2) is 4.98 Å². The lowest BCUT2D eigenvalue weighted by atomic mass is 10.2. The molecule has 4 nitrogen and oxygen atoms in total. The van der Waals surface area contributed by atoms with E-state index in [2.05, 4.69) is 4.98 Å². The van der Waals surface area contributed by atoms with Gasteiger partial charge in [-0.05, 0) is 6.92 Å². The van der Waals surface area contributed by atoms with Crippen LogP contribution in [0.1, 0.15) is 16.0 Å². The number of aliphatic hydroxyl groups excluding tert-OH is 3. The Hall–Kier alpha value is -0.490. The Labute approximate surface area is 74.1 Å². The summed E-state index contributed by atoms with van der Waals surface area (Å²) in [6, 6.07) is 0. The lowest BCUT2D eigenvalue weighted by molar-refractivity contribution is -0.0153. The molecule has 0 aromatic carbocycles. The summed E-state index contributed by atoms with van der Waals surface area (Å²) in [5.74, 6) is 0. The van der Waals surface area contributed by atoms with Gasteiger partial charge in [0, 0.05) is 11.1 Å². The third-order valence-electron chi connectivity index (χ3n) is 1.44. The number of aliphatic hydroxyl groups is 3. The van der Waals surface area contributed by atoms with Crippen LogP contribution in [0.2, 0.25) is 0 Å². The van der Waals surface area contributed by atoms with Crippen LogP contribution in [0, 0.1) is 6.92 Å². The van der Waals surface area contributed by atoms with E-state index in [1.165, 1.54) is 11.3 Å². The molecule has 1 rings (SSSR count). The number of thiazole rings is 1. The Morgan fingerprint density at radius 3 is 2.67 bits per heavy atom. The fraction of sp³-hybridized carbons (Fsp3) is 0.571. The van der Waals surface area contributed by atoms with E-state index in [-0.39, 0.29) is 0 Å². The van der Waals surface area contributed by atoms with E-state index in [1.54, 1.807) is 6.20 Å². The van der Waals surface area contributed by atoms with Crippen LogP contribution >= 0.6 is 11.3 Å². The van der Waals surface area contributed by atoms with Gasteiger partial charge in [-0.1, -0.05) is 0 Å². The number of aromatic nitrogens is 1. The minimum atomic E-state index is -1.14. The number of hydrogen-bond donors (Lipinski definition) is 3. The van der Waals surface area contributed by atoms with Crippen molar-refractivity contribution in [2.75, 3.05) is 6.61 Å². The Bertz CT molecular complexity index is 251. The van der Waals surface area contributed by atoms with E-state index in [0.29, 0.717) is 5.01 Å². The van der Waals surface area contributed by atoms with Crippen LogP contribution in [-0.2, 0) is 0 Å². The highest BCUT2D eigenvalue weighted by Gasteiger charge is 2.19. The number of rotatable bonds is 3. The number of hydrogen-bond acceptors (Lipinski definition) is 5. The molecule has 68 valence electrons. The molecule has 0 fully saturated rings. The highest BCUT2D eigenvalue weighted by Crippen LogP contribution is 2.21. The molecule has 0 spiro atoms. The minimum absolute atomic E-state index is 0.439. The maximum absolute atomic E-state index is 9.34. The summed E-state index contributed by atoms with van der Waals surface area (Å²) < 4.78 is 0. The predicted octanol–water partition coefficient (Wildman–Crippen LogP) is -0.162. The molecule has 2 unspecified atom stereocenters. The van der Waals surface area contributed by atoms with Gasteiger partial charge in [-0.3, -0.25) is 0 Å². The molecule has 0 radical (unpaired) electrons. The molecule has 0 saturated heterocycles. The molecule has 5 heteroatoms. The standard InChI is InChI=1S/C7H11NO3S/c1-4-2-8-7(12-4)6(11)5(10)3-9/h2,5-6,9-11H,3H2,1H3. The maximum Gasteiger partial charge on any atom is 0.134 e. The molecule has 0 aliphatic heterocycles. The van der Waals surface area contributed by atoms with Gasteiger partial charge in [0.15, 0.2) is 0 Å². The van der Waals surface area contributed by atoms with E-state index in [0.717, 1.165) is 4.88 Å². The summed E-state index contributed by atoms with van der Waals surface area (Å²) in [6.45, 7) is 1.40. The van der Waals surface area contributed by atoms with Crippen LogP contribution in [-0.4, -0.2) is 33.0 Å². The van der Waals surface area contributed by atoms with Crippen molar-refractivity contribution >= 4 is 11.3 Å². The van der Waals surface area contributed by atoms with Crippen LogP contribution in [0.25, 0.3) is 0 Å². The second kappa shape index (κ2) is 3.95. The smallest absolute Gasteiger partial charge is 0.134 e. The molecule has 12 heavy (non-hydrogen) atoms. The predicted molar refractivity (Wildman–Crippen MR) is 44.9 cm³/mol. The first-order chi connectivity index (χ1) is 5.65. The molecule has 0 saturated carbocycles. The molecule has 0 bridgehead atoms. The van der Waals surface area contributed by atoms with E-state index in [4.69, 9.17) is 10.2 Å². The summed E-state index contributed by atoms with van der Waals surface area (Å²) in [5, 5.41) is 27.4. The topological polar surface area (TPSA) is 73.6 Å². The maximum atomic E-state index is 9.34. The second-order valence-corrected chi connectivity index (χ2v) is 3.77. The molecule has 3 N–H and O–H groups in total. The first kappa shape index (κ1) is 9.60. The van der Waals surface area contributed by atoms with Gasteiger partial charge in [-0.2, -0.15) is 0 Å². The molecular formula is C7H11NO3S. The number of aryl methyl sites for hydroxylation is 1. The van der Waals surface area contributed by atoms with E-state index in [9.17, 15) is 5.11 Å². The SMILES string of the molecule is Cc1cnc(C(O)C(O)CO)s1. The molecule has 1 aromatic rings. The Balaban J connectivity index is 2.70. The van der Waals surface area contributed by atoms with Crippen molar-refractivity contribution in [3.05, 3.63) is 16.1 Å². The third kappa shape index (κ3) is 2.01. The summed E-state index contributed by atoms with van der Waals surface area (Å²) in [6.07, 6.45) is -0.600. The largest absolute Gasteiger partial charge is 0.394 e. The summed E-state index contributed by atoms with van der Waals surface area (Å²) in [4.78, 5) is 4.85. The molecule has 0 aliphatic carbocycles. The molecule has 2 atom stereocenters. The quantitative estimate of drug-likeness (QED) is 0.617. The second-order valence-electron chi connectivity index (χ2n) is 2.50. The zero-order chi connectivity index (χ0) is 9.14. The first-order valence-corrected chi connectivity index (χ1v) is 4.36. The molecule has 0 aliphatic rings. The van der Waals surface area contributed by atoms with Crippen molar-refractivity contribution in [1.82, 2.24) is 4.98 Å². The van der Waals surface area contributed by atoms with Crippen LogP contribution in [0.4, 0.5) is 0 Å². The zero-order valence-electron chi connectivity index (χ0n) is 6.64. The molecule has 0 amide bonds. The highest BCUT2D eigenvalue weighted by molar-refractivity contribution is 7.11. The lowest BCUT2D eigenvalue weighted by Gasteiger charge is -2.11. The van der Waals surface area contributed by atoms with E-state index < -0.39 is 18.8 Å². The van der Waals surface area contributed by atoms with Crippen LogP contribution in [0.5, 0.6) is 0 Å². The van der Waals surface area contributed by atoms with Crippen LogP contribution in [0.15, 0.2) is 6.20 Å². The van der Waals surface area contributed by atoms with Crippen LogP contribution in [0.3, 0.4) is 0 Å². The lowest BCUT2D eigenvalue weighted by Crippen LogP contribution is -2.21. The van der Waals surface area contributed by atoms with E-state index >= 15 is 0 Å². The van der Waals surface area contributed by atoms with Gasteiger partial charge >= 0.3 is 0 Å².